The predicted octanol–water partition coefficient (Wildman–Crippen LogP) is 3.12. The van der Waals surface area contributed by atoms with Crippen LogP contribution in [0.3, 0.4) is 0 Å². The molecule has 0 spiro atoms. The fraction of sp³-hybridized carbons (Fsp3) is 0.348. The molecule has 1 aliphatic rings. The van der Waals surface area contributed by atoms with E-state index >= 15 is 0 Å². The minimum absolute atomic E-state index is 0.111. The molecule has 3 heterocycles. The molecule has 1 saturated heterocycles. The molecule has 1 aromatic carbocycles. The van der Waals surface area contributed by atoms with Crippen LogP contribution >= 0.6 is 11.9 Å². The average Bonchev–Trinajstić information content (AvgIpc) is 3.28. The van der Waals surface area contributed by atoms with Crippen LogP contribution in [0.25, 0.3) is 10.9 Å². The van der Waals surface area contributed by atoms with E-state index in [1.54, 1.807) is 11.9 Å². The van der Waals surface area contributed by atoms with Crippen LogP contribution in [0.4, 0.5) is 0 Å². The van der Waals surface area contributed by atoms with Crippen LogP contribution in [0.15, 0.2) is 46.6 Å². The summed E-state index contributed by atoms with van der Waals surface area (Å²) in [6, 6.07) is 7.96. The lowest BCUT2D eigenvalue weighted by atomic mass is 10.0. The third-order valence-corrected chi connectivity index (χ3v) is 7.20. The fourth-order valence-corrected chi connectivity index (χ4v) is 5.11. The van der Waals surface area contributed by atoms with Crippen LogP contribution in [0, 0.1) is 12.3 Å². The molecular formula is C23H29N7OS. The number of carbonyl (C=O) groups excluding carboxylic acids is 1. The van der Waals surface area contributed by atoms with E-state index in [1.807, 2.05) is 67.7 Å². The number of para-hydroxylation sites is 1. The Kier molecular flexibility index (Phi) is 6.12. The molecule has 1 amide bonds. The number of fused-ring (bicyclic) bond motifs is 1. The summed E-state index contributed by atoms with van der Waals surface area (Å²) in [6.45, 7) is 5.72. The number of hydrogen-bond donors (Lipinski definition) is 3. The Morgan fingerprint density at radius 3 is 2.88 bits per heavy atom. The van der Waals surface area contributed by atoms with Gasteiger partial charge < -0.3 is 21.0 Å². The van der Waals surface area contributed by atoms with Gasteiger partial charge in [0, 0.05) is 73.1 Å². The lowest BCUT2D eigenvalue weighted by Gasteiger charge is -2.28. The molecular weight excluding hydrogens is 422 g/mol. The van der Waals surface area contributed by atoms with Gasteiger partial charge in [-0.25, -0.2) is 4.31 Å². The molecule has 0 saturated carbocycles. The zero-order valence-corrected chi connectivity index (χ0v) is 19.7. The topological polar surface area (TPSA) is 105 Å². The van der Waals surface area contributed by atoms with Gasteiger partial charge in [0.2, 0.25) is 0 Å². The highest BCUT2D eigenvalue weighted by molar-refractivity contribution is 7.97. The van der Waals surface area contributed by atoms with Crippen molar-refractivity contribution in [1.29, 1.82) is 5.41 Å². The first-order chi connectivity index (χ1) is 15.3. The average molecular weight is 452 g/mol. The van der Waals surface area contributed by atoms with E-state index in [2.05, 4.69) is 14.7 Å². The second-order valence-corrected chi connectivity index (χ2v) is 9.33. The first-order valence-corrected chi connectivity index (χ1v) is 11.3. The summed E-state index contributed by atoms with van der Waals surface area (Å²) in [4.78, 5) is 14.0. The quantitative estimate of drug-likeness (QED) is 0.517. The zero-order chi connectivity index (χ0) is 23.0. The molecule has 0 unspecified atom stereocenters. The van der Waals surface area contributed by atoms with Crippen LogP contribution in [0.2, 0.25) is 0 Å². The number of allylic oxidation sites excluding steroid dienone is 1. The molecule has 8 nitrogen and oxygen atoms in total. The van der Waals surface area contributed by atoms with Crippen molar-refractivity contribution in [3.8, 4) is 0 Å². The van der Waals surface area contributed by atoms with Gasteiger partial charge in [-0.15, -0.1) is 0 Å². The van der Waals surface area contributed by atoms with E-state index in [0.29, 0.717) is 36.6 Å². The number of amides is 1. The minimum atomic E-state index is -0.111. The lowest BCUT2D eigenvalue weighted by Crippen LogP contribution is -2.32. The number of nitrogens with zero attached hydrogens (tertiary/aromatic N) is 4. The van der Waals surface area contributed by atoms with Gasteiger partial charge in [0.25, 0.3) is 5.91 Å². The summed E-state index contributed by atoms with van der Waals surface area (Å²) < 4.78 is 5.97. The highest BCUT2D eigenvalue weighted by atomic mass is 32.2. The Bertz CT molecular complexity index is 1230. The summed E-state index contributed by atoms with van der Waals surface area (Å²) >= 11 is 1.62. The van der Waals surface area contributed by atoms with E-state index in [9.17, 15) is 4.79 Å². The number of piperidine rings is 1. The number of nitrogens with two attached hydrogens (primary N) is 1. The molecule has 4 N–H and O–H groups in total. The van der Waals surface area contributed by atoms with Crippen molar-refractivity contribution in [2.24, 2.45) is 19.8 Å². The van der Waals surface area contributed by atoms with E-state index in [1.165, 1.54) is 0 Å². The normalized spacial score (nSPS) is 16.6. The molecule has 32 heavy (non-hydrogen) atoms. The molecule has 0 radical (unpaired) electrons. The Morgan fingerprint density at radius 1 is 1.34 bits per heavy atom. The number of benzene rings is 1. The highest BCUT2D eigenvalue weighted by Gasteiger charge is 2.23. The van der Waals surface area contributed by atoms with E-state index < -0.39 is 0 Å². The van der Waals surface area contributed by atoms with Gasteiger partial charge in [-0.05, 0) is 37.4 Å². The Balaban J connectivity index is 1.48. The highest BCUT2D eigenvalue weighted by Crippen LogP contribution is 2.31. The summed E-state index contributed by atoms with van der Waals surface area (Å²) in [5.74, 6) is -0.111. The van der Waals surface area contributed by atoms with Gasteiger partial charge in [0.15, 0.2) is 0 Å². The maximum Gasteiger partial charge on any atom is 0.268 e. The first kappa shape index (κ1) is 22.2. The standard InChI is InChI=1S/C23H29N7OS/c1-14(24)18-13-30(9-8-19(18)25)32-21-10-20(28(3)15(21)2)23(31)26-11-16-6-5-7-17-12-27-29(4)22(16)17/h5-7,10,12,25H,8-9,11,13,24H2,1-4H3,(H,26,31)/b18-14-,25-19?. The third-order valence-electron chi connectivity index (χ3n) is 6.02. The molecule has 168 valence electrons. The number of hydrogen-bond acceptors (Lipinski definition) is 6. The van der Waals surface area contributed by atoms with Crippen LogP contribution in [0.5, 0.6) is 0 Å². The second kappa shape index (κ2) is 8.84. The first-order valence-electron chi connectivity index (χ1n) is 10.6. The molecule has 9 heteroatoms. The molecule has 4 rings (SSSR count). The number of rotatable bonds is 5. The number of aromatic nitrogens is 3. The largest absolute Gasteiger partial charge is 0.402 e. The van der Waals surface area contributed by atoms with Crippen molar-refractivity contribution in [3.63, 3.8) is 0 Å². The number of aryl methyl sites for hydroxylation is 1. The van der Waals surface area contributed by atoms with Crippen LogP contribution in [-0.2, 0) is 20.6 Å². The predicted molar refractivity (Wildman–Crippen MR) is 129 cm³/mol. The molecule has 1 fully saturated rings. The van der Waals surface area contributed by atoms with Gasteiger partial charge >= 0.3 is 0 Å². The van der Waals surface area contributed by atoms with Crippen molar-refractivity contribution < 1.29 is 4.79 Å². The fourth-order valence-electron chi connectivity index (χ4n) is 4.02. The maximum atomic E-state index is 13.0. The summed E-state index contributed by atoms with van der Waals surface area (Å²) in [7, 11) is 3.82. The SMILES string of the molecule is C/C(N)=C1\CN(Sc2cc(C(=O)NCc3cccc4cnn(C)c34)n(C)c2C)CCC1=N. The van der Waals surface area contributed by atoms with Crippen LogP contribution in [-0.4, -0.2) is 43.4 Å². The van der Waals surface area contributed by atoms with Gasteiger partial charge in [0.05, 0.1) is 11.7 Å². The van der Waals surface area contributed by atoms with E-state index in [0.717, 1.165) is 39.2 Å². The van der Waals surface area contributed by atoms with Crippen molar-refractivity contribution >= 4 is 34.5 Å². The van der Waals surface area contributed by atoms with Crippen LogP contribution < -0.4 is 11.1 Å². The Hall–Kier alpha value is -3.04. The third kappa shape index (κ3) is 4.18. The summed E-state index contributed by atoms with van der Waals surface area (Å²) in [5.41, 5.74) is 11.9. The number of carbonyl (C=O) groups is 1. The van der Waals surface area contributed by atoms with Gasteiger partial charge in [0.1, 0.15) is 5.69 Å². The zero-order valence-electron chi connectivity index (χ0n) is 18.9. The van der Waals surface area contributed by atoms with Gasteiger partial charge in [-0.1, -0.05) is 18.2 Å². The van der Waals surface area contributed by atoms with Gasteiger partial charge in [-0.2, -0.15) is 5.10 Å². The van der Waals surface area contributed by atoms with Crippen molar-refractivity contribution in [2.45, 2.75) is 31.7 Å². The van der Waals surface area contributed by atoms with Crippen molar-refractivity contribution in [2.75, 3.05) is 13.1 Å². The molecule has 1 aliphatic heterocycles. The van der Waals surface area contributed by atoms with Crippen molar-refractivity contribution in [3.05, 3.63) is 58.7 Å². The molecule has 0 aliphatic carbocycles. The molecule has 3 aromatic rings. The molecule has 0 bridgehead atoms. The van der Waals surface area contributed by atoms with E-state index in [-0.39, 0.29) is 5.91 Å². The number of nitrogens with one attached hydrogen (secondary N) is 2. The Morgan fingerprint density at radius 2 is 2.12 bits per heavy atom. The minimum Gasteiger partial charge on any atom is -0.402 e. The molecule has 2 aromatic heterocycles. The lowest BCUT2D eigenvalue weighted by molar-refractivity contribution is 0.0942. The second-order valence-electron chi connectivity index (χ2n) is 8.19. The van der Waals surface area contributed by atoms with Gasteiger partial charge in [-0.3, -0.25) is 9.48 Å². The maximum absolute atomic E-state index is 13.0. The smallest absolute Gasteiger partial charge is 0.268 e. The van der Waals surface area contributed by atoms with Crippen molar-refractivity contribution in [1.82, 2.24) is 24.0 Å². The Labute approximate surface area is 192 Å². The monoisotopic (exact) mass is 451 g/mol. The summed E-state index contributed by atoms with van der Waals surface area (Å²) in [6.07, 6.45) is 2.51. The van der Waals surface area contributed by atoms with E-state index in [4.69, 9.17) is 11.1 Å². The molecule has 0 atom stereocenters. The summed E-state index contributed by atoms with van der Waals surface area (Å²) in [5, 5.41) is 16.6. The van der Waals surface area contributed by atoms with Crippen LogP contribution in [0.1, 0.15) is 35.1 Å².